The molecule has 1 unspecified atom stereocenters. The van der Waals surface area contributed by atoms with Crippen LogP contribution in [0.15, 0.2) is 18.2 Å². The number of carbonyl (C=O) groups is 3. The molecule has 1 aliphatic carbocycles. The normalized spacial score (nSPS) is 27.8. The molecule has 0 bridgehead atoms. The molecule has 1 saturated heterocycles. The Labute approximate surface area is 138 Å². The molecule has 3 amide bonds. The number of nitrogens with zero attached hydrogens (tertiary/aromatic N) is 1. The molecule has 1 aliphatic heterocycles. The molecule has 128 valence electrons. The second-order valence-electron chi connectivity index (χ2n) is 6.07. The van der Waals surface area contributed by atoms with Crippen LogP contribution in [-0.4, -0.2) is 47.7 Å². The first-order valence-corrected chi connectivity index (χ1v) is 7.64. The van der Waals surface area contributed by atoms with E-state index in [0.717, 1.165) is 10.5 Å². The lowest BCUT2D eigenvalue weighted by Gasteiger charge is -2.37. The Hall–Kier alpha value is -2.61. The summed E-state index contributed by atoms with van der Waals surface area (Å²) in [7, 11) is 1.52. The number of aliphatic hydroxyl groups is 1. The van der Waals surface area contributed by atoms with Crippen molar-refractivity contribution in [3.05, 3.63) is 29.3 Å². The van der Waals surface area contributed by atoms with Gasteiger partial charge in [-0.1, -0.05) is 6.07 Å². The summed E-state index contributed by atoms with van der Waals surface area (Å²) in [5.41, 5.74) is -0.666. The summed E-state index contributed by atoms with van der Waals surface area (Å²) in [6, 6.07) is 4.89. The van der Waals surface area contributed by atoms with Gasteiger partial charge in [-0.3, -0.25) is 4.90 Å². The smallest absolute Gasteiger partial charge is 0.413 e. The minimum Gasteiger partial charge on any atom is -0.433 e. The fourth-order valence-corrected chi connectivity index (χ4v) is 3.53. The van der Waals surface area contributed by atoms with Crippen molar-refractivity contribution >= 4 is 24.1 Å². The number of urea groups is 1. The second-order valence-corrected chi connectivity index (χ2v) is 6.07. The van der Waals surface area contributed by atoms with Gasteiger partial charge in [0.05, 0.1) is 6.54 Å². The number of aldehydes is 1. The van der Waals surface area contributed by atoms with Gasteiger partial charge in [-0.2, -0.15) is 0 Å². The van der Waals surface area contributed by atoms with Gasteiger partial charge in [0, 0.05) is 24.7 Å². The third-order valence-electron chi connectivity index (χ3n) is 4.80. The van der Waals surface area contributed by atoms with Crippen LogP contribution in [0.3, 0.4) is 0 Å². The minimum atomic E-state index is -1.63. The van der Waals surface area contributed by atoms with Crippen molar-refractivity contribution in [2.24, 2.45) is 0 Å². The summed E-state index contributed by atoms with van der Waals surface area (Å²) in [5.74, 6) is 0. The minimum absolute atomic E-state index is 0.237. The molecule has 1 fully saturated rings. The maximum absolute atomic E-state index is 12.1. The van der Waals surface area contributed by atoms with Gasteiger partial charge in [-0.25, -0.2) is 9.59 Å². The monoisotopic (exact) mass is 333 g/mol. The third-order valence-corrected chi connectivity index (χ3v) is 4.80. The number of nitrogens with one attached hydrogen (secondary N) is 2. The fourth-order valence-electron chi connectivity index (χ4n) is 3.53. The standard InChI is InChI=1S/C16H19N3O5/c1-15(23)16(24-14(22)19(15)7-8-20)6-5-10-9-11(3-4-12(10)16)18-13(21)17-2/h3-4,8-9,23H,5-7H2,1-2H3,(H2,17,18,21)/t15?,16-/m1/s1. The molecule has 0 radical (unpaired) electrons. The third kappa shape index (κ3) is 2.14. The molecule has 8 nitrogen and oxygen atoms in total. The highest BCUT2D eigenvalue weighted by Crippen LogP contribution is 2.53. The Morgan fingerprint density at radius 1 is 1.50 bits per heavy atom. The number of carbonyl (C=O) groups excluding carboxylic acids is 3. The SMILES string of the molecule is CNC(=O)Nc1ccc2c(c1)CC[C@@]21OC(=O)N(CC=O)C1(C)O. The molecule has 1 heterocycles. The molecule has 1 aromatic rings. The van der Waals surface area contributed by atoms with Crippen LogP contribution in [0.5, 0.6) is 0 Å². The van der Waals surface area contributed by atoms with Crippen molar-refractivity contribution in [2.75, 3.05) is 18.9 Å². The van der Waals surface area contributed by atoms with E-state index in [1.807, 2.05) is 0 Å². The van der Waals surface area contributed by atoms with Crippen molar-refractivity contribution < 1.29 is 24.2 Å². The average molecular weight is 333 g/mol. The van der Waals surface area contributed by atoms with Gasteiger partial charge in [0.25, 0.3) is 0 Å². The largest absolute Gasteiger partial charge is 0.433 e. The van der Waals surface area contributed by atoms with Crippen molar-refractivity contribution in [1.82, 2.24) is 10.2 Å². The van der Waals surface area contributed by atoms with Gasteiger partial charge in [0.1, 0.15) is 6.29 Å². The van der Waals surface area contributed by atoms with Gasteiger partial charge in [0.2, 0.25) is 0 Å². The van der Waals surface area contributed by atoms with Gasteiger partial charge in [-0.05, 0) is 31.0 Å². The number of fused-ring (bicyclic) bond motifs is 2. The highest BCUT2D eigenvalue weighted by atomic mass is 16.6. The Kier molecular flexibility index (Phi) is 3.71. The molecule has 2 aliphatic rings. The zero-order valence-corrected chi connectivity index (χ0v) is 13.5. The van der Waals surface area contributed by atoms with Crippen LogP contribution in [0, 0.1) is 0 Å². The quantitative estimate of drug-likeness (QED) is 0.714. The summed E-state index contributed by atoms with van der Waals surface area (Å²) < 4.78 is 5.54. The molecule has 1 spiro atoms. The molecule has 24 heavy (non-hydrogen) atoms. The van der Waals surface area contributed by atoms with E-state index in [9.17, 15) is 19.5 Å². The number of benzene rings is 1. The zero-order valence-electron chi connectivity index (χ0n) is 13.5. The number of anilines is 1. The van der Waals surface area contributed by atoms with Crippen LogP contribution < -0.4 is 10.6 Å². The van der Waals surface area contributed by atoms with Crippen LogP contribution in [0.25, 0.3) is 0 Å². The Bertz CT molecular complexity index is 718. The number of ether oxygens (including phenoxy) is 1. The Morgan fingerprint density at radius 2 is 2.25 bits per heavy atom. The summed E-state index contributed by atoms with van der Waals surface area (Å²) in [5, 5.41) is 16.1. The molecule has 1 aromatic carbocycles. The lowest BCUT2D eigenvalue weighted by molar-refractivity contribution is -0.150. The van der Waals surface area contributed by atoms with E-state index < -0.39 is 17.4 Å². The molecule has 3 N–H and O–H groups in total. The summed E-state index contributed by atoms with van der Waals surface area (Å²) in [6.45, 7) is 1.24. The summed E-state index contributed by atoms with van der Waals surface area (Å²) in [6.07, 6.45) is 0.824. The molecule has 0 aromatic heterocycles. The van der Waals surface area contributed by atoms with E-state index in [4.69, 9.17) is 4.74 Å². The highest BCUT2D eigenvalue weighted by Gasteiger charge is 2.64. The van der Waals surface area contributed by atoms with E-state index in [-0.39, 0.29) is 12.6 Å². The van der Waals surface area contributed by atoms with Crippen molar-refractivity contribution in [3.8, 4) is 0 Å². The van der Waals surface area contributed by atoms with Crippen molar-refractivity contribution in [1.29, 1.82) is 0 Å². The molecule has 0 saturated carbocycles. The molecule has 8 heteroatoms. The lowest BCUT2D eigenvalue weighted by atomic mass is 9.85. The molecular formula is C16H19N3O5. The number of rotatable bonds is 3. The Morgan fingerprint density at radius 3 is 2.92 bits per heavy atom. The van der Waals surface area contributed by atoms with E-state index in [0.29, 0.717) is 30.4 Å². The first-order chi connectivity index (χ1) is 11.4. The number of hydrogen-bond donors (Lipinski definition) is 3. The van der Waals surface area contributed by atoms with Gasteiger partial charge in [-0.15, -0.1) is 0 Å². The van der Waals surface area contributed by atoms with Crippen LogP contribution in [-0.2, 0) is 21.6 Å². The Balaban J connectivity index is 1.98. The van der Waals surface area contributed by atoms with Crippen LogP contribution in [0.4, 0.5) is 15.3 Å². The molecule has 2 atom stereocenters. The summed E-state index contributed by atoms with van der Waals surface area (Å²) >= 11 is 0. The van der Waals surface area contributed by atoms with Gasteiger partial charge >= 0.3 is 12.1 Å². The van der Waals surface area contributed by atoms with Crippen molar-refractivity contribution in [2.45, 2.75) is 31.1 Å². The van der Waals surface area contributed by atoms with E-state index in [1.165, 1.54) is 14.0 Å². The van der Waals surface area contributed by atoms with E-state index in [2.05, 4.69) is 10.6 Å². The first-order valence-electron chi connectivity index (χ1n) is 7.64. The average Bonchev–Trinajstić information content (AvgIpc) is 2.99. The highest BCUT2D eigenvalue weighted by molar-refractivity contribution is 5.89. The van der Waals surface area contributed by atoms with Gasteiger partial charge < -0.3 is 25.3 Å². The van der Waals surface area contributed by atoms with Crippen LogP contribution in [0.2, 0.25) is 0 Å². The fraction of sp³-hybridized carbons (Fsp3) is 0.438. The number of amides is 3. The van der Waals surface area contributed by atoms with Crippen molar-refractivity contribution in [3.63, 3.8) is 0 Å². The molecule has 3 rings (SSSR count). The maximum Gasteiger partial charge on any atom is 0.413 e. The van der Waals surface area contributed by atoms with Crippen LogP contribution in [0.1, 0.15) is 24.5 Å². The van der Waals surface area contributed by atoms with Gasteiger partial charge in [0.15, 0.2) is 11.3 Å². The van der Waals surface area contributed by atoms with E-state index >= 15 is 0 Å². The maximum atomic E-state index is 12.1. The predicted molar refractivity (Wildman–Crippen MR) is 84.4 cm³/mol. The number of aryl methyl sites for hydroxylation is 1. The van der Waals surface area contributed by atoms with Crippen LogP contribution >= 0.6 is 0 Å². The zero-order chi connectivity index (χ0) is 17.5. The molecular weight excluding hydrogens is 314 g/mol. The number of hydrogen-bond acceptors (Lipinski definition) is 5. The topological polar surface area (TPSA) is 108 Å². The predicted octanol–water partition coefficient (Wildman–Crippen LogP) is 0.939. The summed E-state index contributed by atoms with van der Waals surface area (Å²) in [4.78, 5) is 35.4. The second kappa shape index (κ2) is 5.48. The first kappa shape index (κ1) is 16.3. The lowest BCUT2D eigenvalue weighted by Crippen LogP contribution is -2.54. The van der Waals surface area contributed by atoms with E-state index in [1.54, 1.807) is 18.2 Å².